The van der Waals surface area contributed by atoms with Crippen LogP contribution in [0.25, 0.3) is 0 Å². The van der Waals surface area contributed by atoms with Crippen LogP contribution in [-0.2, 0) is 14.1 Å². The van der Waals surface area contributed by atoms with Gasteiger partial charge in [0.2, 0.25) is 5.88 Å². The molecule has 1 N–H and O–H groups in total. The molecule has 24 heavy (non-hydrogen) atoms. The van der Waals surface area contributed by atoms with Gasteiger partial charge in [0.1, 0.15) is 11.3 Å². The van der Waals surface area contributed by atoms with Crippen molar-refractivity contribution in [3.8, 4) is 5.88 Å². The van der Waals surface area contributed by atoms with Crippen LogP contribution in [-0.4, -0.2) is 25.4 Å². The van der Waals surface area contributed by atoms with E-state index in [2.05, 4.69) is 20.9 Å². The molecule has 10 heteroatoms. The number of aromatic hydroxyl groups is 1. The van der Waals surface area contributed by atoms with Crippen LogP contribution in [0, 0.1) is 17.0 Å². The van der Waals surface area contributed by atoms with E-state index in [0.717, 1.165) is 15.3 Å². The molecule has 126 valence electrons. The van der Waals surface area contributed by atoms with E-state index in [1.54, 1.807) is 13.0 Å². The van der Waals surface area contributed by atoms with Gasteiger partial charge in [-0.1, -0.05) is 15.9 Å². The van der Waals surface area contributed by atoms with Crippen molar-refractivity contribution in [3.63, 3.8) is 0 Å². The van der Waals surface area contributed by atoms with Gasteiger partial charge in [-0.3, -0.25) is 24.0 Å². The lowest BCUT2D eigenvalue weighted by molar-refractivity contribution is -0.384. The predicted molar refractivity (Wildman–Crippen MR) is 91.4 cm³/mol. The molecule has 0 aliphatic rings. The molecule has 0 aliphatic heterocycles. The summed E-state index contributed by atoms with van der Waals surface area (Å²) in [6.07, 6.45) is 1.01. The lowest BCUT2D eigenvalue weighted by Gasteiger charge is -2.07. The molecule has 0 amide bonds. The van der Waals surface area contributed by atoms with Crippen LogP contribution < -0.4 is 11.2 Å². The summed E-state index contributed by atoms with van der Waals surface area (Å²) in [7, 11) is 2.55. The minimum Gasteiger partial charge on any atom is -0.494 e. The molecule has 0 saturated heterocycles. The van der Waals surface area contributed by atoms with Crippen LogP contribution in [0.1, 0.15) is 11.1 Å². The summed E-state index contributed by atoms with van der Waals surface area (Å²) >= 11 is 3.17. The van der Waals surface area contributed by atoms with Gasteiger partial charge in [-0.05, 0) is 18.6 Å². The minimum atomic E-state index is -0.753. The smallest absolute Gasteiger partial charge is 0.333 e. The van der Waals surface area contributed by atoms with E-state index in [-0.39, 0.29) is 16.9 Å². The molecule has 1 heterocycles. The van der Waals surface area contributed by atoms with Crippen LogP contribution in [0.2, 0.25) is 0 Å². The van der Waals surface area contributed by atoms with Crippen molar-refractivity contribution >= 4 is 33.5 Å². The first kappa shape index (κ1) is 17.6. The van der Waals surface area contributed by atoms with E-state index in [0.29, 0.717) is 10.0 Å². The number of aliphatic imine (C=N–C) groups is 1. The molecule has 0 atom stereocenters. The number of aromatic nitrogens is 2. The molecule has 0 radical (unpaired) electrons. The van der Waals surface area contributed by atoms with E-state index in [4.69, 9.17) is 0 Å². The third kappa shape index (κ3) is 3.00. The fourth-order valence-corrected chi connectivity index (χ4v) is 2.69. The average molecular weight is 397 g/mol. The quantitative estimate of drug-likeness (QED) is 0.478. The van der Waals surface area contributed by atoms with Crippen molar-refractivity contribution < 1.29 is 10.0 Å². The van der Waals surface area contributed by atoms with Crippen molar-refractivity contribution in [1.29, 1.82) is 0 Å². The van der Waals surface area contributed by atoms with E-state index < -0.39 is 22.1 Å². The Morgan fingerprint density at radius 3 is 2.50 bits per heavy atom. The Hall–Kier alpha value is -2.75. The maximum absolute atomic E-state index is 12.1. The third-order valence-electron chi connectivity index (χ3n) is 3.43. The van der Waals surface area contributed by atoms with Crippen LogP contribution in [0.4, 0.5) is 11.4 Å². The standard InChI is InChI=1S/C14H13BrN4O5/c1-7-4-8(15)5-10(19(23)24)11(7)16-6-9-12(20)17(2)14(22)18(3)13(9)21/h4-6,20H,1-3H3. The molecule has 2 rings (SSSR count). The van der Waals surface area contributed by atoms with Gasteiger partial charge in [-0.15, -0.1) is 0 Å². The van der Waals surface area contributed by atoms with Gasteiger partial charge in [0.05, 0.1) is 4.92 Å². The summed E-state index contributed by atoms with van der Waals surface area (Å²) in [5, 5.41) is 21.1. The zero-order chi connectivity index (χ0) is 18.2. The van der Waals surface area contributed by atoms with Crippen molar-refractivity contribution in [2.45, 2.75) is 6.92 Å². The summed E-state index contributed by atoms with van der Waals surface area (Å²) in [6.45, 7) is 1.63. The molecule has 0 bridgehead atoms. The molecular formula is C14H13BrN4O5. The highest BCUT2D eigenvalue weighted by atomic mass is 79.9. The van der Waals surface area contributed by atoms with Gasteiger partial charge in [0.25, 0.3) is 11.2 Å². The summed E-state index contributed by atoms with van der Waals surface area (Å²) < 4.78 is 2.21. The molecule has 2 aromatic rings. The number of halogens is 1. The number of nitro benzene ring substituents is 1. The van der Waals surface area contributed by atoms with Crippen molar-refractivity contribution in [2.24, 2.45) is 19.1 Å². The van der Waals surface area contributed by atoms with Crippen LogP contribution in [0.5, 0.6) is 5.88 Å². The molecule has 0 aliphatic carbocycles. The molecule has 1 aromatic carbocycles. The predicted octanol–water partition coefficient (Wildman–Crippen LogP) is 1.52. The third-order valence-corrected chi connectivity index (χ3v) is 3.89. The number of benzene rings is 1. The van der Waals surface area contributed by atoms with Gasteiger partial charge < -0.3 is 5.11 Å². The summed E-state index contributed by atoms with van der Waals surface area (Å²) in [4.78, 5) is 38.4. The monoisotopic (exact) mass is 396 g/mol. The van der Waals surface area contributed by atoms with Crippen LogP contribution >= 0.6 is 15.9 Å². The van der Waals surface area contributed by atoms with E-state index in [1.807, 2.05) is 0 Å². The Morgan fingerprint density at radius 1 is 1.29 bits per heavy atom. The molecule has 1 aromatic heterocycles. The minimum absolute atomic E-state index is 0.0542. The normalized spacial score (nSPS) is 11.2. The zero-order valence-corrected chi connectivity index (χ0v) is 14.6. The Kier molecular flexibility index (Phi) is 4.69. The lowest BCUT2D eigenvalue weighted by atomic mass is 10.1. The molecule has 9 nitrogen and oxygen atoms in total. The second-order valence-electron chi connectivity index (χ2n) is 5.05. The first-order valence-electron chi connectivity index (χ1n) is 6.62. The van der Waals surface area contributed by atoms with Crippen LogP contribution in [0.15, 0.2) is 31.2 Å². The second kappa shape index (κ2) is 6.40. The number of nitrogens with zero attached hydrogens (tertiary/aromatic N) is 4. The average Bonchev–Trinajstić information content (AvgIpc) is 2.52. The number of hydrogen-bond acceptors (Lipinski definition) is 6. The molecule has 0 unspecified atom stereocenters. The summed E-state index contributed by atoms with van der Waals surface area (Å²) in [5.41, 5.74) is -1.38. The Morgan fingerprint density at radius 2 is 1.92 bits per heavy atom. The Balaban J connectivity index is 2.69. The van der Waals surface area contributed by atoms with E-state index in [9.17, 15) is 24.8 Å². The number of nitro groups is 1. The summed E-state index contributed by atoms with van der Waals surface area (Å²) in [6, 6.07) is 2.93. The van der Waals surface area contributed by atoms with Crippen molar-refractivity contribution in [3.05, 3.63) is 58.7 Å². The van der Waals surface area contributed by atoms with Crippen molar-refractivity contribution in [2.75, 3.05) is 0 Å². The fraction of sp³-hybridized carbons (Fsp3) is 0.214. The van der Waals surface area contributed by atoms with Gasteiger partial charge in [0, 0.05) is 30.8 Å². The van der Waals surface area contributed by atoms with Gasteiger partial charge in [0.15, 0.2) is 0 Å². The topological polar surface area (TPSA) is 120 Å². The number of aryl methyl sites for hydroxylation is 1. The Labute approximate surface area is 143 Å². The van der Waals surface area contributed by atoms with Gasteiger partial charge in [-0.25, -0.2) is 9.79 Å². The highest BCUT2D eigenvalue weighted by molar-refractivity contribution is 9.10. The lowest BCUT2D eigenvalue weighted by Crippen LogP contribution is -2.38. The highest BCUT2D eigenvalue weighted by Crippen LogP contribution is 2.34. The number of rotatable bonds is 3. The van der Waals surface area contributed by atoms with Gasteiger partial charge in [-0.2, -0.15) is 0 Å². The molecular weight excluding hydrogens is 384 g/mol. The highest BCUT2D eigenvalue weighted by Gasteiger charge is 2.18. The zero-order valence-electron chi connectivity index (χ0n) is 13.0. The first-order valence-corrected chi connectivity index (χ1v) is 7.42. The fourth-order valence-electron chi connectivity index (χ4n) is 2.13. The molecule has 0 spiro atoms. The van der Waals surface area contributed by atoms with E-state index >= 15 is 0 Å². The van der Waals surface area contributed by atoms with E-state index in [1.165, 1.54) is 20.2 Å². The second-order valence-corrected chi connectivity index (χ2v) is 5.96. The molecule has 0 saturated carbocycles. The van der Waals surface area contributed by atoms with Gasteiger partial charge >= 0.3 is 5.69 Å². The summed E-state index contributed by atoms with van der Waals surface area (Å²) in [5.74, 6) is -0.565. The maximum atomic E-state index is 12.1. The molecule has 0 fully saturated rings. The first-order chi connectivity index (χ1) is 11.1. The Bertz CT molecular complexity index is 990. The van der Waals surface area contributed by atoms with Crippen LogP contribution in [0.3, 0.4) is 0 Å². The van der Waals surface area contributed by atoms with Crippen molar-refractivity contribution in [1.82, 2.24) is 9.13 Å². The SMILES string of the molecule is Cc1cc(Br)cc([N+](=O)[O-])c1N=Cc1c(O)n(C)c(=O)n(C)c1=O. The largest absolute Gasteiger partial charge is 0.494 e. The maximum Gasteiger partial charge on any atom is 0.333 e. The number of hydrogen-bond donors (Lipinski definition) is 1.